The maximum Gasteiger partial charge on any atom is 0.315 e. The Hall–Kier alpha value is -3.63. The molecule has 0 unspecified atom stereocenters. The van der Waals surface area contributed by atoms with Crippen molar-refractivity contribution in [1.82, 2.24) is 19.8 Å². The molecule has 2 fully saturated rings. The number of sulfonamides is 1. The highest BCUT2D eigenvalue weighted by Crippen LogP contribution is 2.38. The van der Waals surface area contributed by atoms with E-state index in [1.165, 1.54) is 22.5 Å². The first-order valence-electron chi connectivity index (χ1n) is 16.9. The first-order chi connectivity index (χ1) is 23.5. The zero-order chi connectivity index (χ0) is 36.3. The number of urea groups is 1. The zero-order valence-corrected chi connectivity index (χ0v) is 30.1. The maximum absolute atomic E-state index is 14.4. The smallest absolute Gasteiger partial charge is 0.315 e. The highest BCUT2D eigenvalue weighted by Gasteiger charge is 2.47. The average Bonchev–Trinajstić information content (AvgIpc) is 3.78. The quantitative estimate of drug-likeness (QED) is 0.263. The van der Waals surface area contributed by atoms with E-state index in [9.17, 15) is 28.2 Å². The molecule has 15 heteroatoms. The summed E-state index contributed by atoms with van der Waals surface area (Å²) in [7, 11) is -4.29. The number of rotatable bonds is 14. The lowest BCUT2D eigenvalue weighted by molar-refractivity contribution is -0.273. The minimum atomic E-state index is -4.29. The molecule has 3 heterocycles. The van der Waals surface area contributed by atoms with Gasteiger partial charge in [-0.15, -0.1) is 0 Å². The van der Waals surface area contributed by atoms with Crippen molar-refractivity contribution in [3.63, 3.8) is 0 Å². The molecule has 50 heavy (non-hydrogen) atoms. The first-order valence-corrected chi connectivity index (χ1v) is 18.4. The average molecular weight is 718 g/mol. The second-order valence-electron chi connectivity index (χ2n) is 14.9. The SMILES string of the molecule is CC(C)(CCNC(=O)NC(C)(C)C)CN(C[C@@H](O)[C@H](Cc1ccccc1)N(C(=O)[O-])[C@H]1CO[C@H]2OCC[C@H]21)S(=O)(=O)c1ccc2c(c1)OCO2. The number of aliphatic hydroxyl groups is 1. The number of carbonyl (C=O) groups excluding carboxylic acids is 2. The molecule has 3 aliphatic rings. The predicted octanol–water partition coefficient (Wildman–Crippen LogP) is 2.30. The third-order valence-electron chi connectivity index (χ3n) is 9.22. The Morgan fingerprint density at radius 2 is 1.76 bits per heavy atom. The van der Waals surface area contributed by atoms with Crippen LogP contribution in [0.3, 0.4) is 0 Å². The molecular formula is C35H49N4O10S-. The Bertz CT molecular complexity index is 1600. The van der Waals surface area contributed by atoms with Gasteiger partial charge in [0.05, 0.1) is 36.3 Å². The van der Waals surface area contributed by atoms with Crippen LogP contribution in [0.15, 0.2) is 53.4 Å². The number of hydrogen-bond acceptors (Lipinski definition) is 10. The molecule has 5 atom stereocenters. The van der Waals surface area contributed by atoms with Crippen LogP contribution >= 0.6 is 0 Å². The van der Waals surface area contributed by atoms with Crippen LogP contribution in [0, 0.1) is 11.3 Å². The summed E-state index contributed by atoms with van der Waals surface area (Å²) in [5.41, 5.74) is -0.377. The van der Waals surface area contributed by atoms with Gasteiger partial charge in [-0.2, -0.15) is 4.31 Å². The predicted molar refractivity (Wildman–Crippen MR) is 181 cm³/mol. The van der Waals surface area contributed by atoms with Gasteiger partial charge in [0.2, 0.25) is 16.8 Å². The van der Waals surface area contributed by atoms with Crippen molar-refractivity contribution in [2.45, 2.75) is 88.8 Å². The Kier molecular flexibility index (Phi) is 11.5. The summed E-state index contributed by atoms with van der Waals surface area (Å²) in [5, 5.41) is 30.7. The van der Waals surface area contributed by atoms with Gasteiger partial charge in [-0.25, -0.2) is 13.2 Å². The number of aliphatic hydroxyl groups excluding tert-OH is 1. The second-order valence-corrected chi connectivity index (χ2v) is 16.9. The molecule has 14 nitrogen and oxygen atoms in total. The number of fused-ring (bicyclic) bond motifs is 2. The van der Waals surface area contributed by atoms with Gasteiger partial charge in [0.25, 0.3) is 0 Å². The molecule has 0 spiro atoms. The lowest BCUT2D eigenvalue weighted by Gasteiger charge is -2.43. The van der Waals surface area contributed by atoms with Crippen molar-refractivity contribution < 1.29 is 47.2 Å². The molecule has 0 saturated carbocycles. The van der Waals surface area contributed by atoms with Crippen LogP contribution in [0.1, 0.15) is 53.0 Å². The van der Waals surface area contributed by atoms with E-state index in [0.29, 0.717) is 25.2 Å². The normalized spacial score (nSPS) is 21.5. The Morgan fingerprint density at radius 1 is 1.04 bits per heavy atom. The summed E-state index contributed by atoms with van der Waals surface area (Å²) < 4.78 is 52.3. The highest BCUT2D eigenvalue weighted by molar-refractivity contribution is 7.89. The summed E-state index contributed by atoms with van der Waals surface area (Å²) in [4.78, 5) is 26.4. The summed E-state index contributed by atoms with van der Waals surface area (Å²) in [6.07, 6.45) is -2.46. The van der Waals surface area contributed by atoms with Crippen molar-refractivity contribution in [2.75, 3.05) is 39.6 Å². The number of benzene rings is 2. The molecule has 276 valence electrons. The first kappa shape index (κ1) is 37.6. The maximum atomic E-state index is 14.4. The summed E-state index contributed by atoms with van der Waals surface area (Å²) >= 11 is 0. The molecule has 2 aromatic carbocycles. The zero-order valence-electron chi connectivity index (χ0n) is 29.3. The third kappa shape index (κ3) is 9.18. The molecule has 0 aromatic heterocycles. The van der Waals surface area contributed by atoms with E-state index in [-0.39, 0.29) is 55.5 Å². The van der Waals surface area contributed by atoms with Crippen molar-refractivity contribution >= 4 is 22.1 Å². The van der Waals surface area contributed by atoms with Crippen LogP contribution in [0.4, 0.5) is 9.59 Å². The third-order valence-corrected chi connectivity index (χ3v) is 11.0. The van der Waals surface area contributed by atoms with Crippen LogP contribution in [0.2, 0.25) is 0 Å². The molecule has 0 bridgehead atoms. The van der Waals surface area contributed by atoms with Crippen LogP contribution in [-0.4, -0.2) is 105 Å². The van der Waals surface area contributed by atoms with E-state index in [2.05, 4.69) is 10.6 Å². The standard InChI is InChI=1S/C35H50N4O10S/c1-34(2,3)37-32(41)36-15-14-35(4,5)21-38(50(44,45)24-11-12-29-30(18-24)49-22-48-29)19-28(40)26(17-23-9-7-6-8-10-23)39(33(42)43)27-20-47-31-25(27)13-16-46-31/h6-12,18,25-28,31,40H,13-17,19-22H2,1-5H3,(H,42,43)(H2,36,37,41)/p-1/t25-,26-,27-,28+,31+/m0/s1. The van der Waals surface area contributed by atoms with E-state index in [1.807, 2.05) is 65.0 Å². The van der Waals surface area contributed by atoms with Gasteiger partial charge in [0, 0.05) is 37.2 Å². The number of amides is 3. The minimum absolute atomic E-state index is 0.0396. The number of carbonyl (C=O) groups is 2. The molecule has 3 N–H and O–H groups in total. The van der Waals surface area contributed by atoms with Gasteiger partial charge >= 0.3 is 6.03 Å². The molecule has 3 aliphatic heterocycles. The number of carboxylic acid groups (broad SMARTS) is 1. The molecule has 0 aliphatic carbocycles. The van der Waals surface area contributed by atoms with Crippen molar-refractivity contribution in [2.24, 2.45) is 11.3 Å². The fraction of sp³-hybridized carbons (Fsp3) is 0.600. The summed E-state index contributed by atoms with van der Waals surface area (Å²) in [6.45, 7) is 9.55. The minimum Gasteiger partial charge on any atom is -0.530 e. The Morgan fingerprint density at radius 3 is 2.46 bits per heavy atom. The highest BCUT2D eigenvalue weighted by atomic mass is 32.2. The second kappa shape index (κ2) is 15.3. The summed E-state index contributed by atoms with van der Waals surface area (Å²) in [6, 6.07) is 11.3. The van der Waals surface area contributed by atoms with E-state index < -0.39 is 58.1 Å². The van der Waals surface area contributed by atoms with E-state index in [4.69, 9.17) is 18.9 Å². The van der Waals surface area contributed by atoms with E-state index >= 15 is 0 Å². The van der Waals surface area contributed by atoms with Gasteiger partial charge < -0.3 is 49.5 Å². The molecule has 2 saturated heterocycles. The van der Waals surface area contributed by atoms with Crippen molar-refractivity contribution in [1.29, 1.82) is 0 Å². The van der Waals surface area contributed by atoms with Crippen LogP contribution in [0.5, 0.6) is 11.5 Å². The van der Waals surface area contributed by atoms with Gasteiger partial charge in [-0.3, -0.25) is 0 Å². The number of hydrogen-bond donors (Lipinski definition) is 3. The molecule has 0 radical (unpaired) electrons. The van der Waals surface area contributed by atoms with E-state index in [1.54, 1.807) is 0 Å². The molecular weight excluding hydrogens is 668 g/mol. The number of ether oxygens (including phenoxy) is 4. The van der Waals surface area contributed by atoms with Gasteiger partial charge in [-0.05, 0) is 63.1 Å². The Labute approximate surface area is 294 Å². The van der Waals surface area contributed by atoms with Crippen LogP contribution in [-0.2, 0) is 25.9 Å². The monoisotopic (exact) mass is 717 g/mol. The van der Waals surface area contributed by atoms with Gasteiger partial charge in [0.1, 0.15) is 6.09 Å². The molecule has 3 amide bonds. The van der Waals surface area contributed by atoms with Crippen LogP contribution in [0.25, 0.3) is 0 Å². The van der Waals surface area contributed by atoms with Gasteiger partial charge in [-0.1, -0.05) is 44.2 Å². The largest absolute Gasteiger partial charge is 0.530 e. The summed E-state index contributed by atoms with van der Waals surface area (Å²) in [5.74, 6) is 0.435. The van der Waals surface area contributed by atoms with E-state index in [0.717, 1.165) is 10.5 Å². The topological polar surface area (TPSA) is 179 Å². The lowest BCUT2D eigenvalue weighted by atomic mass is 9.89. The molecule has 2 aromatic rings. The fourth-order valence-electron chi connectivity index (χ4n) is 6.74. The van der Waals surface area contributed by atoms with Crippen LogP contribution < -0.4 is 25.2 Å². The van der Waals surface area contributed by atoms with Crippen molar-refractivity contribution in [3.8, 4) is 11.5 Å². The molecule has 5 rings (SSSR count). The number of nitrogens with one attached hydrogen (secondary N) is 2. The number of nitrogens with zero attached hydrogens (tertiary/aromatic N) is 2. The van der Waals surface area contributed by atoms with Gasteiger partial charge in [0.15, 0.2) is 17.8 Å². The van der Waals surface area contributed by atoms with Crippen molar-refractivity contribution in [3.05, 3.63) is 54.1 Å². The lowest BCUT2D eigenvalue weighted by Crippen LogP contribution is -2.61. The Balaban J connectivity index is 1.44. The fourth-order valence-corrected chi connectivity index (χ4v) is 8.40.